The van der Waals surface area contributed by atoms with Crippen LogP contribution in [0.15, 0.2) is 42.5 Å². The standard InChI is InChI=1S/C14H18ClNO4S/c1-11(2)8-13(10-21(15,18)19)16-14(17)20-9-12-6-4-3-5-7-12/h3-7,13H,1,8-10H2,2H3,(H,16,17). The SMILES string of the molecule is C=C(C)CC(CS(=O)(=O)Cl)NC(=O)OCc1ccccc1. The maximum Gasteiger partial charge on any atom is 0.407 e. The normalized spacial score (nSPS) is 12.5. The molecule has 5 nitrogen and oxygen atoms in total. The maximum absolute atomic E-state index is 11.7. The van der Waals surface area contributed by atoms with Crippen molar-refractivity contribution in [1.29, 1.82) is 0 Å². The largest absolute Gasteiger partial charge is 0.445 e. The number of rotatable bonds is 7. The summed E-state index contributed by atoms with van der Waals surface area (Å²) in [6.07, 6.45) is -0.378. The number of hydrogen-bond acceptors (Lipinski definition) is 4. The predicted octanol–water partition coefficient (Wildman–Crippen LogP) is 2.82. The number of carbonyl (C=O) groups excluding carboxylic acids is 1. The van der Waals surface area contributed by atoms with E-state index in [1.807, 2.05) is 30.3 Å². The smallest absolute Gasteiger partial charge is 0.407 e. The Bertz CT molecular complexity index is 586. The van der Waals surface area contributed by atoms with Gasteiger partial charge in [0.15, 0.2) is 0 Å². The number of alkyl carbamates (subject to hydrolysis) is 1. The average Bonchev–Trinajstić information content (AvgIpc) is 2.34. The third-order valence-electron chi connectivity index (χ3n) is 2.53. The maximum atomic E-state index is 11.7. The Hall–Kier alpha value is -1.53. The molecule has 0 spiro atoms. The zero-order valence-electron chi connectivity index (χ0n) is 11.7. The van der Waals surface area contributed by atoms with E-state index in [-0.39, 0.29) is 12.4 Å². The average molecular weight is 332 g/mol. The van der Waals surface area contributed by atoms with Gasteiger partial charge in [-0.2, -0.15) is 0 Å². The summed E-state index contributed by atoms with van der Waals surface area (Å²) in [5, 5.41) is 2.49. The molecule has 1 amide bonds. The second-order valence-corrected chi connectivity index (χ2v) is 7.59. The summed E-state index contributed by atoms with van der Waals surface area (Å²) in [6.45, 7) is 5.55. The van der Waals surface area contributed by atoms with E-state index in [1.54, 1.807) is 6.92 Å². The van der Waals surface area contributed by atoms with Crippen LogP contribution in [0.1, 0.15) is 18.9 Å². The van der Waals surface area contributed by atoms with Crippen molar-refractivity contribution in [3.63, 3.8) is 0 Å². The molecule has 0 radical (unpaired) electrons. The molecule has 0 aliphatic carbocycles. The third-order valence-corrected chi connectivity index (χ3v) is 3.71. The van der Waals surface area contributed by atoms with Crippen LogP contribution in [0.2, 0.25) is 0 Å². The molecule has 1 aromatic rings. The highest BCUT2D eigenvalue weighted by Crippen LogP contribution is 2.09. The zero-order valence-corrected chi connectivity index (χ0v) is 13.3. The van der Waals surface area contributed by atoms with Crippen molar-refractivity contribution in [3.05, 3.63) is 48.0 Å². The number of benzene rings is 1. The van der Waals surface area contributed by atoms with Gasteiger partial charge >= 0.3 is 6.09 Å². The number of ether oxygens (including phenoxy) is 1. The van der Waals surface area contributed by atoms with E-state index < -0.39 is 21.2 Å². The van der Waals surface area contributed by atoms with Gasteiger partial charge in [-0.3, -0.25) is 0 Å². The Labute approximate surface area is 129 Å². The number of halogens is 1. The number of hydrogen-bond donors (Lipinski definition) is 1. The van der Waals surface area contributed by atoms with Crippen LogP contribution in [0.25, 0.3) is 0 Å². The molecule has 21 heavy (non-hydrogen) atoms. The molecule has 0 saturated carbocycles. The first-order valence-corrected chi connectivity index (χ1v) is 8.78. The monoisotopic (exact) mass is 331 g/mol. The third kappa shape index (κ3) is 8.37. The van der Waals surface area contributed by atoms with E-state index in [9.17, 15) is 13.2 Å². The molecule has 116 valence electrons. The van der Waals surface area contributed by atoms with Gasteiger partial charge in [0.25, 0.3) is 0 Å². The summed E-state index contributed by atoms with van der Waals surface area (Å²) in [5.41, 5.74) is 1.58. The minimum Gasteiger partial charge on any atom is -0.445 e. The van der Waals surface area contributed by atoms with E-state index in [4.69, 9.17) is 15.4 Å². The van der Waals surface area contributed by atoms with Crippen LogP contribution in [0.5, 0.6) is 0 Å². The van der Waals surface area contributed by atoms with Crippen molar-refractivity contribution in [2.24, 2.45) is 0 Å². The van der Waals surface area contributed by atoms with Crippen molar-refractivity contribution in [2.45, 2.75) is 26.0 Å². The summed E-state index contributed by atoms with van der Waals surface area (Å²) in [6, 6.07) is 8.51. The van der Waals surface area contributed by atoms with Crippen molar-refractivity contribution in [1.82, 2.24) is 5.32 Å². The minimum absolute atomic E-state index is 0.111. The van der Waals surface area contributed by atoms with Gasteiger partial charge < -0.3 is 10.1 Å². The molecule has 0 heterocycles. The van der Waals surface area contributed by atoms with Gasteiger partial charge in [-0.1, -0.05) is 35.9 Å². The Kier molecular flexibility index (Phi) is 6.71. The first-order chi connectivity index (χ1) is 9.76. The van der Waals surface area contributed by atoms with Gasteiger partial charge in [0.05, 0.1) is 11.8 Å². The molecule has 0 aliphatic rings. The van der Waals surface area contributed by atoms with E-state index in [0.29, 0.717) is 6.42 Å². The second-order valence-electron chi connectivity index (χ2n) is 4.77. The predicted molar refractivity (Wildman–Crippen MR) is 82.6 cm³/mol. The molecule has 1 atom stereocenters. The first-order valence-electron chi connectivity index (χ1n) is 6.30. The van der Waals surface area contributed by atoms with E-state index in [2.05, 4.69) is 11.9 Å². The van der Waals surface area contributed by atoms with Crippen molar-refractivity contribution in [2.75, 3.05) is 5.75 Å². The number of carbonyl (C=O) groups is 1. The number of amides is 1. The molecular weight excluding hydrogens is 314 g/mol. The Morgan fingerprint density at radius 2 is 2.00 bits per heavy atom. The van der Waals surface area contributed by atoms with Gasteiger partial charge in [-0.05, 0) is 18.9 Å². The van der Waals surface area contributed by atoms with Crippen LogP contribution >= 0.6 is 10.7 Å². The van der Waals surface area contributed by atoms with Gasteiger partial charge in [0.1, 0.15) is 6.61 Å². The molecule has 0 aliphatic heterocycles. The molecule has 0 aromatic heterocycles. The molecule has 1 N–H and O–H groups in total. The van der Waals surface area contributed by atoms with Crippen LogP contribution in [-0.4, -0.2) is 26.3 Å². The lowest BCUT2D eigenvalue weighted by atomic mass is 10.1. The quantitative estimate of drug-likeness (QED) is 0.616. The lowest BCUT2D eigenvalue weighted by Gasteiger charge is -2.17. The molecule has 1 unspecified atom stereocenters. The summed E-state index contributed by atoms with van der Waals surface area (Å²) in [5.74, 6) is -0.373. The van der Waals surface area contributed by atoms with Crippen molar-refractivity contribution in [3.8, 4) is 0 Å². The van der Waals surface area contributed by atoms with Gasteiger partial charge in [-0.25, -0.2) is 13.2 Å². The second kappa shape index (κ2) is 8.05. The highest BCUT2D eigenvalue weighted by Gasteiger charge is 2.20. The minimum atomic E-state index is -3.72. The van der Waals surface area contributed by atoms with Crippen LogP contribution < -0.4 is 5.32 Å². The van der Waals surface area contributed by atoms with E-state index >= 15 is 0 Å². The van der Waals surface area contributed by atoms with Crippen LogP contribution in [-0.2, 0) is 20.4 Å². The number of nitrogens with one attached hydrogen (secondary N) is 1. The van der Waals surface area contributed by atoms with E-state index in [1.165, 1.54) is 0 Å². The van der Waals surface area contributed by atoms with Gasteiger partial charge in [0, 0.05) is 10.7 Å². The van der Waals surface area contributed by atoms with Gasteiger partial charge in [-0.15, -0.1) is 6.58 Å². The fourth-order valence-electron chi connectivity index (χ4n) is 1.74. The lowest BCUT2D eigenvalue weighted by molar-refractivity contribution is 0.136. The topological polar surface area (TPSA) is 72.5 Å². The Morgan fingerprint density at radius 1 is 1.38 bits per heavy atom. The summed E-state index contributed by atoms with van der Waals surface area (Å²) in [7, 11) is 1.50. The van der Waals surface area contributed by atoms with Gasteiger partial charge in [0.2, 0.25) is 9.05 Å². The zero-order chi connectivity index (χ0) is 15.9. The summed E-state index contributed by atoms with van der Waals surface area (Å²) >= 11 is 0. The highest BCUT2D eigenvalue weighted by atomic mass is 35.7. The summed E-state index contributed by atoms with van der Waals surface area (Å²) < 4.78 is 27.3. The van der Waals surface area contributed by atoms with Crippen LogP contribution in [0.3, 0.4) is 0 Å². The summed E-state index contributed by atoms with van der Waals surface area (Å²) in [4.78, 5) is 11.7. The Balaban J connectivity index is 2.53. The molecule has 0 fully saturated rings. The Morgan fingerprint density at radius 3 is 2.52 bits per heavy atom. The molecule has 1 rings (SSSR count). The van der Waals surface area contributed by atoms with E-state index in [0.717, 1.165) is 11.1 Å². The van der Waals surface area contributed by atoms with Crippen molar-refractivity contribution >= 4 is 25.8 Å². The van der Waals surface area contributed by atoms with Crippen molar-refractivity contribution < 1.29 is 17.9 Å². The molecule has 7 heteroatoms. The highest BCUT2D eigenvalue weighted by molar-refractivity contribution is 8.13. The molecule has 0 saturated heterocycles. The van der Waals surface area contributed by atoms with Crippen LogP contribution in [0, 0.1) is 0 Å². The molecule has 1 aromatic carbocycles. The molecule has 0 bridgehead atoms. The first kappa shape index (κ1) is 17.5. The van der Waals surface area contributed by atoms with Crippen LogP contribution in [0.4, 0.5) is 4.79 Å². The molecular formula is C14H18ClNO4S. The fraction of sp³-hybridized carbons (Fsp3) is 0.357. The lowest BCUT2D eigenvalue weighted by Crippen LogP contribution is -2.39. The fourth-order valence-corrected chi connectivity index (χ4v) is 2.88.